The molecule has 0 saturated carbocycles. The smallest absolute Gasteiger partial charge is 0.333 e. The molecule has 4 heterocycles. The molecule has 1 atom stereocenters. The molecule has 1 N–H and O–H groups in total. The first-order valence-corrected chi connectivity index (χ1v) is 7.59. The molecule has 7 nitrogen and oxygen atoms in total. The van der Waals surface area contributed by atoms with Crippen LogP contribution in [0.1, 0.15) is 19.8 Å². The lowest BCUT2D eigenvalue weighted by Crippen LogP contribution is -2.18. The van der Waals surface area contributed by atoms with Crippen LogP contribution in [0.15, 0.2) is 35.3 Å². The number of fused-ring (bicyclic) bond motifs is 3. The third-order valence-electron chi connectivity index (χ3n) is 3.81. The second-order valence-corrected chi connectivity index (χ2v) is 5.53. The van der Waals surface area contributed by atoms with Crippen molar-refractivity contribution in [2.75, 3.05) is 6.61 Å². The second-order valence-electron chi connectivity index (χ2n) is 5.53. The highest BCUT2D eigenvalue weighted by Gasteiger charge is 2.18. The molecule has 3 aromatic heterocycles. The predicted molar refractivity (Wildman–Crippen MR) is 84.3 cm³/mol. The van der Waals surface area contributed by atoms with Crippen molar-refractivity contribution in [1.29, 1.82) is 0 Å². The summed E-state index contributed by atoms with van der Waals surface area (Å²) in [4.78, 5) is 23.8. The van der Waals surface area contributed by atoms with Gasteiger partial charge in [-0.1, -0.05) is 6.07 Å². The molecule has 7 heteroatoms. The average Bonchev–Trinajstić information content (AvgIpc) is 2.88. The van der Waals surface area contributed by atoms with Crippen molar-refractivity contribution in [3.63, 3.8) is 0 Å². The Kier molecular flexibility index (Phi) is 3.25. The third-order valence-corrected chi connectivity index (χ3v) is 3.81. The minimum Gasteiger partial charge on any atom is -0.488 e. The van der Waals surface area contributed by atoms with Crippen LogP contribution in [-0.4, -0.2) is 32.2 Å². The van der Waals surface area contributed by atoms with E-state index in [9.17, 15) is 4.79 Å². The highest BCUT2D eigenvalue weighted by molar-refractivity contribution is 5.80. The summed E-state index contributed by atoms with van der Waals surface area (Å²) >= 11 is 0. The molecule has 2 bridgehead atoms. The van der Waals surface area contributed by atoms with Crippen LogP contribution in [0.3, 0.4) is 0 Å². The maximum atomic E-state index is 12.4. The van der Waals surface area contributed by atoms with E-state index in [4.69, 9.17) is 9.47 Å². The van der Waals surface area contributed by atoms with Crippen LogP contribution in [-0.2, 0) is 0 Å². The largest absolute Gasteiger partial charge is 0.488 e. The topological polar surface area (TPSA) is 82.0 Å². The number of H-pyrrole nitrogens is 1. The van der Waals surface area contributed by atoms with Crippen LogP contribution in [0.5, 0.6) is 11.6 Å². The lowest BCUT2D eigenvalue weighted by Gasteiger charge is -2.17. The molecule has 0 aliphatic carbocycles. The van der Waals surface area contributed by atoms with Crippen molar-refractivity contribution < 1.29 is 9.47 Å². The number of imidazole rings is 1. The fourth-order valence-electron chi connectivity index (χ4n) is 2.75. The van der Waals surface area contributed by atoms with Gasteiger partial charge in [0.05, 0.1) is 12.7 Å². The van der Waals surface area contributed by atoms with Gasteiger partial charge in [0, 0.05) is 18.3 Å². The fraction of sp³-hybridized carbons (Fsp3) is 0.312. The summed E-state index contributed by atoms with van der Waals surface area (Å²) in [5.41, 5.74) is 0.761. The van der Waals surface area contributed by atoms with E-state index in [0.29, 0.717) is 35.2 Å². The van der Waals surface area contributed by atoms with Gasteiger partial charge in [-0.25, -0.2) is 14.3 Å². The van der Waals surface area contributed by atoms with Crippen LogP contribution >= 0.6 is 0 Å². The molecule has 0 amide bonds. The van der Waals surface area contributed by atoms with Crippen LogP contribution in [0.25, 0.3) is 17.0 Å². The number of nitrogens with one attached hydrogen (secondary N) is 1. The molecular weight excluding hydrogens is 296 g/mol. The Bertz CT molecular complexity index is 915. The normalized spacial score (nSPS) is 17.7. The van der Waals surface area contributed by atoms with Gasteiger partial charge in [0.25, 0.3) is 0 Å². The molecule has 0 saturated heterocycles. The number of pyridine rings is 2. The van der Waals surface area contributed by atoms with E-state index in [2.05, 4.69) is 15.0 Å². The number of rotatable bonds is 0. The number of hydrogen-bond donors (Lipinski definition) is 1. The van der Waals surface area contributed by atoms with Crippen molar-refractivity contribution >= 4 is 11.2 Å². The predicted octanol–water partition coefficient (Wildman–Crippen LogP) is 2.05. The standard InChI is InChI=1S/C16H16N4O3/c1-10-4-3-9-22-13-6-2-5-12(18-13)20-14-11(23-10)7-8-17-15(14)19-16(20)21/h2,5-8,10H,3-4,9H2,1H3,(H,17,19,21). The lowest BCUT2D eigenvalue weighted by molar-refractivity contribution is 0.193. The molecule has 0 fully saturated rings. The lowest BCUT2D eigenvalue weighted by atomic mass is 10.2. The van der Waals surface area contributed by atoms with Gasteiger partial charge in [0.1, 0.15) is 17.1 Å². The fourth-order valence-corrected chi connectivity index (χ4v) is 2.75. The molecule has 1 aliphatic rings. The van der Waals surface area contributed by atoms with Gasteiger partial charge in [-0.3, -0.25) is 4.98 Å². The van der Waals surface area contributed by atoms with Gasteiger partial charge < -0.3 is 9.47 Å². The summed E-state index contributed by atoms with van der Waals surface area (Å²) in [5, 5.41) is 0. The summed E-state index contributed by atoms with van der Waals surface area (Å²) in [6.07, 6.45) is 3.34. The number of aromatic amines is 1. The first-order valence-electron chi connectivity index (χ1n) is 7.59. The SMILES string of the molecule is CC1CCCOc2cccc(n2)-n2c(=O)[nH]c3nccc(c32)O1. The van der Waals surface area contributed by atoms with Crippen LogP contribution < -0.4 is 15.2 Å². The van der Waals surface area contributed by atoms with E-state index in [1.165, 1.54) is 4.57 Å². The molecule has 1 unspecified atom stereocenters. The van der Waals surface area contributed by atoms with Gasteiger partial charge in [0.15, 0.2) is 5.65 Å². The minimum atomic E-state index is -0.307. The Balaban J connectivity index is 2.01. The van der Waals surface area contributed by atoms with Gasteiger partial charge >= 0.3 is 5.69 Å². The van der Waals surface area contributed by atoms with Crippen molar-refractivity contribution in [1.82, 2.24) is 19.5 Å². The zero-order valence-corrected chi connectivity index (χ0v) is 12.7. The Hall–Kier alpha value is -2.83. The molecule has 1 aliphatic heterocycles. The minimum absolute atomic E-state index is 0.00776. The zero-order valence-electron chi connectivity index (χ0n) is 12.7. The highest BCUT2D eigenvalue weighted by Crippen LogP contribution is 2.26. The monoisotopic (exact) mass is 312 g/mol. The molecule has 118 valence electrons. The zero-order chi connectivity index (χ0) is 15.8. The first-order chi connectivity index (χ1) is 11.2. The number of ether oxygens (including phenoxy) is 2. The molecule has 0 radical (unpaired) electrons. The Labute approximate surface area is 131 Å². The van der Waals surface area contributed by atoms with Crippen LogP contribution in [0.4, 0.5) is 0 Å². The Morgan fingerprint density at radius 1 is 1.35 bits per heavy atom. The quantitative estimate of drug-likeness (QED) is 0.687. The Morgan fingerprint density at radius 2 is 2.26 bits per heavy atom. The van der Waals surface area contributed by atoms with Crippen molar-refractivity contribution in [2.24, 2.45) is 0 Å². The average molecular weight is 312 g/mol. The molecule has 0 spiro atoms. The van der Waals surface area contributed by atoms with E-state index < -0.39 is 0 Å². The summed E-state index contributed by atoms with van der Waals surface area (Å²) in [6.45, 7) is 2.56. The van der Waals surface area contributed by atoms with Crippen molar-refractivity contribution in [3.05, 3.63) is 40.9 Å². The number of nitrogens with zero attached hydrogens (tertiary/aromatic N) is 3. The van der Waals surface area contributed by atoms with E-state index >= 15 is 0 Å². The van der Waals surface area contributed by atoms with Gasteiger partial charge in [-0.2, -0.15) is 4.98 Å². The van der Waals surface area contributed by atoms with E-state index in [1.54, 1.807) is 24.4 Å². The number of aromatic nitrogens is 4. The maximum Gasteiger partial charge on any atom is 0.333 e. The number of hydrogen-bond acceptors (Lipinski definition) is 5. The molecular formula is C16H16N4O3. The van der Waals surface area contributed by atoms with Gasteiger partial charge in [-0.05, 0) is 25.8 Å². The Morgan fingerprint density at radius 3 is 3.17 bits per heavy atom. The van der Waals surface area contributed by atoms with Gasteiger partial charge in [-0.15, -0.1) is 0 Å². The van der Waals surface area contributed by atoms with E-state index in [1.807, 2.05) is 13.0 Å². The summed E-state index contributed by atoms with van der Waals surface area (Å²) < 4.78 is 13.2. The molecule has 0 aromatic carbocycles. The maximum absolute atomic E-state index is 12.4. The molecule has 3 aromatic rings. The van der Waals surface area contributed by atoms with E-state index in [-0.39, 0.29) is 11.8 Å². The van der Waals surface area contributed by atoms with Crippen LogP contribution in [0.2, 0.25) is 0 Å². The summed E-state index contributed by atoms with van der Waals surface area (Å²) in [6, 6.07) is 7.13. The van der Waals surface area contributed by atoms with E-state index in [0.717, 1.165) is 12.8 Å². The van der Waals surface area contributed by atoms with Crippen molar-refractivity contribution in [3.8, 4) is 17.4 Å². The van der Waals surface area contributed by atoms with Crippen LogP contribution in [0, 0.1) is 0 Å². The van der Waals surface area contributed by atoms with Crippen molar-refractivity contribution in [2.45, 2.75) is 25.9 Å². The highest BCUT2D eigenvalue weighted by atomic mass is 16.5. The molecule has 23 heavy (non-hydrogen) atoms. The second kappa shape index (κ2) is 5.42. The third kappa shape index (κ3) is 2.44. The van der Waals surface area contributed by atoms with Gasteiger partial charge in [0.2, 0.25) is 5.88 Å². The summed E-state index contributed by atoms with van der Waals surface area (Å²) in [5.74, 6) is 1.60. The first kappa shape index (κ1) is 13.8. The summed E-state index contributed by atoms with van der Waals surface area (Å²) in [7, 11) is 0. The molecule has 4 rings (SSSR count).